The van der Waals surface area contributed by atoms with Crippen LogP contribution in [-0.4, -0.2) is 64.9 Å². The number of rotatable bonds is 7. The van der Waals surface area contributed by atoms with Crippen molar-refractivity contribution in [3.8, 4) is 23.0 Å². The van der Waals surface area contributed by atoms with E-state index in [1.807, 2.05) is 17.0 Å². The molecule has 2 aliphatic rings. The smallest absolute Gasteiger partial charge is 0.227 e. The standard InChI is InChI=1S/C24H30N2O5/c1-28-21-7-5-19(23(29-2)24(21)30-3)15-22(27)26-11-9-25(10-12-26)16-17-4-6-20-18(14-17)8-13-31-20/h4-7,14H,8-13,15-16H2,1-3H3/p+1. The monoisotopic (exact) mass is 427 g/mol. The summed E-state index contributed by atoms with van der Waals surface area (Å²) >= 11 is 0. The number of piperazine rings is 1. The average molecular weight is 428 g/mol. The molecule has 0 unspecified atom stereocenters. The zero-order chi connectivity index (χ0) is 21.8. The summed E-state index contributed by atoms with van der Waals surface area (Å²) in [5.74, 6) is 2.80. The van der Waals surface area contributed by atoms with Crippen LogP contribution in [0.25, 0.3) is 0 Å². The lowest BCUT2D eigenvalue weighted by atomic mass is 10.1. The number of carbonyl (C=O) groups is 1. The SMILES string of the molecule is COc1ccc(CC(=O)N2CC[NH+](Cc3ccc4c(c3)CCO4)CC2)c(OC)c1OC. The van der Waals surface area contributed by atoms with E-state index in [1.54, 1.807) is 21.3 Å². The summed E-state index contributed by atoms with van der Waals surface area (Å²) in [5, 5.41) is 0. The van der Waals surface area contributed by atoms with Crippen molar-refractivity contribution in [3.05, 3.63) is 47.0 Å². The molecule has 0 bridgehead atoms. The van der Waals surface area contributed by atoms with Crippen LogP contribution >= 0.6 is 0 Å². The van der Waals surface area contributed by atoms with Gasteiger partial charge in [-0.25, -0.2) is 0 Å². The lowest BCUT2D eigenvalue weighted by Crippen LogP contribution is -3.13. The number of fused-ring (bicyclic) bond motifs is 1. The Morgan fingerprint density at radius 2 is 1.81 bits per heavy atom. The molecule has 2 aromatic rings. The molecule has 0 aromatic heterocycles. The maximum absolute atomic E-state index is 13.0. The number of nitrogens with one attached hydrogen (secondary N) is 1. The van der Waals surface area contributed by atoms with Gasteiger partial charge in [0.2, 0.25) is 11.7 Å². The van der Waals surface area contributed by atoms with E-state index in [0.29, 0.717) is 17.2 Å². The first kappa shape index (κ1) is 21.3. The highest BCUT2D eigenvalue weighted by Crippen LogP contribution is 2.40. The molecule has 2 aromatic carbocycles. The third-order valence-corrected chi connectivity index (χ3v) is 6.16. The van der Waals surface area contributed by atoms with Crippen LogP contribution in [0.5, 0.6) is 23.0 Å². The minimum atomic E-state index is 0.110. The molecule has 4 rings (SSSR count). The van der Waals surface area contributed by atoms with Crippen LogP contribution in [0.15, 0.2) is 30.3 Å². The lowest BCUT2D eigenvalue weighted by molar-refractivity contribution is -0.917. The van der Waals surface area contributed by atoms with Crippen LogP contribution < -0.4 is 23.8 Å². The first-order valence-corrected chi connectivity index (χ1v) is 10.8. The quantitative estimate of drug-likeness (QED) is 0.718. The summed E-state index contributed by atoms with van der Waals surface area (Å²) in [6.07, 6.45) is 1.28. The Hall–Kier alpha value is -2.93. The molecule has 1 fully saturated rings. The number of quaternary nitrogens is 1. The topological polar surface area (TPSA) is 61.7 Å². The van der Waals surface area contributed by atoms with Gasteiger partial charge in [-0.3, -0.25) is 4.79 Å². The van der Waals surface area contributed by atoms with Gasteiger partial charge in [0.25, 0.3) is 0 Å². The van der Waals surface area contributed by atoms with Crippen LogP contribution in [0, 0.1) is 0 Å². The fourth-order valence-electron chi connectivity index (χ4n) is 4.46. The Morgan fingerprint density at radius 1 is 1.03 bits per heavy atom. The second kappa shape index (κ2) is 9.47. The molecule has 166 valence electrons. The molecule has 2 heterocycles. The van der Waals surface area contributed by atoms with Crippen molar-refractivity contribution in [1.29, 1.82) is 0 Å². The lowest BCUT2D eigenvalue weighted by Gasteiger charge is -2.32. The van der Waals surface area contributed by atoms with E-state index >= 15 is 0 Å². The van der Waals surface area contributed by atoms with Gasteiger partial charge in [0.1, 0.15) is 12.3 Å². The van der Waals surface area contributed by atoms with Gasteiger partial charge in [0.15, 0.2) is 11.5 Å². The van der Waals surface area contributed by atoms with Crippen molar-refractivity contribution in [2.75, 3.05) is 54.1 Å². The third-order valence-electron chi connectivity index (χ3n) is 6.16. The fourth-order valence-corrected chi connectivity index (χ4v) is 4.46. The molecule has 7 nitrogen and oxygen atoms in total. The fraction of sp³-hybridized carbons (Fsp3) is 0.458. The van der Waals surface area contributed by atoms with E-state index in [9.17, 15) is 4.79 Å². The summed E-state index contributed by atoms with van der Waals surface area (Å²) in [6.45, 7) is 5.19. The molecule has 1 saturated heterocycles. The van der Waals surface area contributed by atoms with E-state index in [0.717, 1.165) is 57.1 Å². The van der Waals surface area contributed by atoms with Crippen LogP contribution in [0.2, 0.25) is 0 Å². The number of nitrogens with zero attached hydrogens (tertiary/aromatic N) is 1. The largest absolute Gasteiger partial charge is 0.493 e. The highest BCUT2D eigenvalue weighted by atomic mass is 16.5. The number of ether oxygens (including phenoxy) is 4. The molecule has 0 aliphatic carbocycles. The van der Waals surface area contributed by atoms with Gasteiger partial charge >= 0.3 is 0 Å². The summed E-state index contributed by atoms with van der Waals surface area (Å²) in [4.78, 5) is 16.4. The molecule has 1 N–H and O–H groups in total. The van der Waals surface area contributed by atoms with Crippen LogP contribution in [0.4, 0.5) is 0 Å². The molecule has 1 amide bonds. The third kappa shape index (κ3) is 4.56. The van der Waals surface area contributed by atoms with E-state index in [1.165, 1.54) is 16.0 Å². The first-order valence-electron chi connectivity index (χ1n) is 10.8. The van der Waals surface area contributed by atoms with Crippen molar-refractivity contribution >= 4 is 5.91 Å². The van der Waals surface area contributed by atoms with E-state index in [-0.39, 0.29) is 12.3 Å². The molecule has 0 radical (unpaired) electrons. The predicted molar refractivity (Wildman–Crippen MR) is 116 cm³/mol. The number of hydrogen-bond donors (Lipinski definition) is 1. The Balaban J connectivity index is 1.34. The number of benzene rings is 2. The van der Waals surface area contributed by atoms with Gasteiger partial charge in [-0.2, -0.15) is 0 Å². The van der Waals surface area contributed by atoms with E-state index in [2.05, 4.69) is 18.2 Å². The number of carbonyl (C=O) groups excluding carboxylic acids is 1. The van der Waals surface area contributed by atoms with Crippen molar-refractivity contribution < 1.29 is 28.6 Å². The van der Waals surface area contributed by atoms with E-state index < -0.39 is 0 Å². The van der Waals surface area contributed by atoms with Crippen molar-refractivity contribution in [2.24, 2.45) is 0 Å². The first-order chi connectivity index (χ1) is 15.1. The molecule has 0 spiro atoms. The molecule has 31 heavy (non-hydrogen) atoms. The molecular weight excluding hydrogens is 396 g/mol. The van der Waals surface area contributed by atoms with Crippen LogP contribution in [-0.2, 0) is 24.2 Å². The van der Waals surface area contributed by atoms with Gasteiger partial charge < -0.3 is 28.7 Å². The maximum atomic E-state index is 13.0. The average Bonchev–Trinajstić information content (AvgIpc) is 3.27. The Morgan fingerprint density at radius 3 is 2.52 bits per heavy atom. The molecular formula is C24H31N2O5+. The second-order valence-electron chi connectivity index (χ2n) is 8.02. The number of hydrogen-bond acceptors (Lipinski definition) is 5. The van der Waals surface area contributed by atoms with Gasteiger partial charge in [-0.15, -0.1) is 0 Å². The number of methoxy groups -OCH3 is 3. The van der Waals surface area contributed by atoms with Crippen LogP contribution in [0.1, 0.15) is 16.7 Å². The Bertz CT molecular complexity index is 938. The van der Waals surface area contributed by atoms with Gasteiger partial charge in [0.05, 0.1) is 60.5 Å². The Kier molecular flexibility index (Phi) is 6.51. The highest BCUT2D eigenvalue weighted by Gasteiger charge is 2.26. The van der Waals surface area contributed by atoms with Gasteiger partial charge in [0, 0.05) is 17.5 Å². The zero-order valence-electron chi connectivity index (χ0n) is 18.5. The molecule has 0 atom stereocenters. The van der Waals surface area contributed by atoms with Gasteiger partial charge in [-0.05, 0) is 29.8 Å². The Labute approximate surface area is 183 Å². The predicted octanol–water partition coefficient (Wildman–Crippen LogP) is 1.12. The maximum Gasteiger partial charge on any atom is 0.227 e. The van der Waals surface area contributed by atoms with Crippen molar-refractivity contribution in [3.63, 3.8) is 0 Å². The molecule has 0 saturated carbocycles. The minimum absolute atomic E-state index is 0.110. The van der Waals surface area contributed by atoms with Crippen LogP contribution in [0.3, 0.4) is 0 Å². The minimum Gasteiger partial charge on any atom is -0.493 e. The summed E-state index contributed by atoms with van der Waals surface area (Å²) < 4.78 is 21.9. The molecule has 7 heteroatoms. The highest BCUT2D eigenvalue weighted by molar-refractivity contribution is 5.80. The summed E-state index contributed by atoms with van der Waals surface area (Å²) in [5.41, 5.74) is 3.46. The summed E-state index contributed by atoms with van der Waals surface area (Å²) in [6, 6.07) is 10.2. The normalized spacial score (nSPS) is 15.9. The summed E-state index contributed by atoms with van der Waals surface area (Å²) in [7, 11) is 4.74. The number of amides is 1. The molecule has 2 aliphatic heterocycles. The van der Waals surface area contributed by atoms with Crippen molar-refractivity contribution in [2.45, 2.75) is 19.4 Å². The van der Waals surface area contributed by atoms with E-state index in [4.69, 9.17) is 18.9 Å². The second-order valence-corrected chi connectivity index (χ2v) is 8.02. The zero-order valence-corrected chi connectivity index (χ0v) is 18.5. The van der Waals surface area contributed by atoms with Crippen molar-refractivity contribution in [1.82, 2.24) is 4.90 Å². The van der Waals surface area contributed by atoms with Gasteiger partial charge in [-0.1, -0.05) is 6.07 Å².